The number of aromatic hydroxyl groups is 1. The van der Waals surface area contributed by atoms with Crippen LogP contribution in [0.1, 0.15) is 47.4 Å². The number of amides is 1. The molecule has 2 aliphatic carbocycles. The number of aromatic nitrogens is 1. The number of ether oxygens (including phenoxy) is 2. The van der Waals surface area contributed by atoms with Gasteiger partial charge in [0.1, 0.15) is 6.67 Å². The molecule has 1 aliphatic heterocycles. The van der Waals surface area contributed by atoms with E-state index >= 15 is 0 Å². The number of hydrogen-bond acceptors (Lipinski definition) is 6. The van der Waals surface area contributed by atoms with Crippen LogP contribution in [0.15, 0.2) is 64.6 Å². The van der Waals surface area contributed by atoms with E-state index in [2.05, 4.69) is 48.4 Å². The van der Waals surface area contributed by atoms with Crippen LogP contribution in [0.4, 0.5) is 0 Å². The Morgan fingerprint density at radius 1 is 1.08 bits per heavy atom. The highest BCUT2D eigenvalue weighted by Gasteiger charge is 2.42. The molecule has 0 saturated carbocycles. The van der Waals surface area contributed by atoms with E-state index in [0.29, 0.717) is 5.92 Å². The minimum atomic E-state index is -0.582. The third-order valence-electron chi connectivity index (χ3n) is 7.57. The fraction of sp³-hybridized carbons (Fsp3) is 0.429. The van der Waals surface area contributed by atoms with Crippen molar-refractivity contribution >= 4 is 5.91 Å². The van der Waals surface area contributed by atoms with E-state index in [4.69, 9.17) is 9.47 Å². The van der Waals surface area contributed by atoms with Crippen molar-refractivity contribution < 1.29 is 19.4 Å². The molecule has 0 fully saturated rings. The highest BCUT2D eigenvalue weighted by Crippen LogP contribution is 2.44. The van der Waals surface area contributed by atoms with Gasteiger partial charge < -0.3 is 19.5 Å². The van der Waals surface area contributed by atoms with E-state index in [1.54, 1.807) is 30.0 Å². The van der Waals surface area contributed by atoms with Crippen LogP contribution < -0.4 is 10.4 Å². The van der Waals surface area contributed by atoms with Crippen molar-refractivity contribution in [1.29, 1.82) is 0 Å². The first-order chi connectivity index (χ1) is 17.5. The molecule has 2 aromatic rings. The highest BCUT2D eigenvalue weighted by molar-refractivity contribution is 5.96. The number of benzene rings is 1. The number of methoxy groups -OCH3 is 2. The van der Waals surface area contributed by atoms with Crippen molar-refractivity contribution in [3.05, 3.63) is 86.9 Å². The third kappa shape index (κ3) is 4.04. The summed E-state index contributed by atoms with van der Waals surface area (Å²) in [5.74, 6) is -0.663. The quantitative estimate of drug-likeness (QED) is 0.669. The van der Waals surface area contributed by atoms with Gasteiger partial charge in [-0.3, -0.25) is 19.3 Å². The standard InChI is InChI=1S/C28H33N3O5/c1-18-7-6-9-20-12-11-19-8-4-5-10-22(19)25(24(18)20)31-17-29(21(15-35-2)16-36-3)28(34)26-27(33)23(32)13-14-30(26)31/h4-6,8-10,13-14,18,21,25,33H,7,11-12,15-17H2,1-3H3. The summed E-state index contributed by atoms with van der Waals surface area (Å²) in [6.45, 7) is 3.02. The van der Waals surface area contributed by atoms with Gasteiger partial charge in [-0.25, -0.2) is 0 Å². The first-order valence-electron chi connectivity index (χ1n) is 12.4. The molecule has 2 atom stereocenters. The van der Waals surface area contributed by atoms with Gasteiger partial charge in [-0.1, -0.05) is 43.3 Å². The van der Waals surface area contributed by atoms with Gasteiger partial charge in [0.15, 0.2) is 11.4 Å². The van der Waals surface area contributed by atoms with Crippen molar-refractivity contribution in [3.63, 3.8) is 0 Å². The molecule has 3 aliphatic rings. The number of rotatable bonds is 6. The van der Waals surface area contributed by atoms with E-state index in [-0.39, 0.29) is 31.6 Å². The van der Waals surface area contributed by atoms with Gasteiger partial charge in [-0.15, -0.1) is 0 Å². The number of carbonyl (C=O) groups excluding carboxylic acids is 1. The van der Waals surface area contributed by atoms with E-state index in [1.807, 2.05) is 0 Å². The van der Waals surface area contributed by atoms with E-state index in [1.165, 1.54) is 28.3 Å². The van der Waals surface area contributed by atoms with Gasteiger partial charge in [-0.05, 0) is 47.5 Å². The maximum absolute atomic E-state index is 13.7. The maximum atomic E-state index is 13.7. The molecule has 1 aromatic carbocycles. The molecule has 8 heteroatoms. The summed E-state index contributed by atoms with van der Waals surface area (Å²) < 4.78 is 12.5. The highest BCUT2D eigenvalue weighted by atomic mass is 16.5. The van der Waals surface area contributed by atoms with Crippen LogP contribution in [-0.4, -0.2) is 60.7 Å². The zero-order valence-corrected chi connectivity index (χ0v) is 21.0. The fourth-order valence-corrected chi connectivity index (χ4v) is 5.87. The van der Waals surface area contributed by atoms with Gasteiger partial charge in [-0.2, -0.15) is 0 Å². The zero-order valence-electron chi connectivity index (χ0n) is 21.0. The van der Waals surface area contributed by atoms with Crippen LogP contribution in [0.2, 0.25) is 0 Å². The molecular formula is C28H33N3O5. The number of nitrogens with zero attached hydrogens (tertiary/aromatic N) is 3. The van der Waals surface area contributed by atoms with Crippen LogP contribution >= 0.6 is 0 Å². The van der Waals surface area contributed by atoms with E-state index in [0.717, 1.165) is 19.3 Å². The molecule has 0 bridgehead atoms. The first kappa shape index (κ1) is 24.3. The summed E-state index contributed by atoms with van der Waals surface area (Å²) in [7, 11) is 3.17. The molecule has 5 rings (SSSR count). The van der Waals surface area contributed by atoms with Crippen LogP contribution in [-0.2, 0) is 15.9 Å². The van der Waals surface area contributed by atoms with E-state index in [9.17, 15) is 14.7 Å². The second-order valence-electron chi connectivity index (χ2n) is 9.76. The largest absolute Gasteiger partial charge is 0.502 e. The molecule has 0 saturated heterocycles. The third-order valence-corrected chi connectivity index (χ3v) is 7.57. The lowest BCUT2D eigenvalue weighted by Gasteiger charge is -2.47. The summed E-state index contributed by atoms with van der Waals surface area (Å²) in [6, 6.07) is 9.19. The second-order valence-corrected chi connectivity index (χ2v) is 9.76. The number of fused-ring (bicyclic) bond motifs is 2. The molecule has 2 unspecified atom stereocenters. The number of carbonyl (C=O) groups is 1. The molecule has 1 N–H and O–H groups in total. The molecule has 190 valence electrons. The lowest BCUT2D eigenvalue weighted by Crippen LogP contribution is -2.60. The summed E-state index contributed by atoms with van der Waals surface area (Å²) in [4.78, 5) is 27.8. The lowest BCUT2D eigenvalue weighted by molar-refractivity contribution is 0.0202. The molecule has 8 nitrogen and oxygen atoms in total. The Morgan fingerprint density at radius 3 is 2.58 bits per heavy atom. The van der Waals surface area contributed by atoms with Gasteiger partial charge in [0.05, 0.1) is 25.3 Å². The average Bonchev–Trinajstić information content (AvgIpc) is 3.04. The minimum absolute atomic E-state index is 0.0335. The SMILES string of the molecule is COCC(COC)N1CN(C2C3=C(C=CCC3C)CCc3ccccc32)n2ccc(=O)c(O)c2C1=O. The Labute approximate surface area is 211 Å². The summed E-state index contributed by atoms with van der Waals surface area (Å²) >= 11 is 0. The molecule has 1 amide bonds. The van der Waals surface area contributed by atoms with Crippen LogP contribution in [0.25, 0.3) is 0 Å². The predicted octanol–water partition coefficient (Wildman–Crippen LogP) is 3.15. The molecule has 0 radical (unpaired) electrons. The molecule has 1 aromatic heterocycles. The molecular weight excluding hydrogens is 458 g/mol. The second kappa shape index (κ2) is 9.95. The maximum Gasteiger partial charge on any atom is 0.278 e. The van der Waals surface area contributed by atoms with Crippen molar-refractivity contribution in [2.24, 2.45) is 5.92 Å². The van der Waals surface area contributed by atoms with Crippen LogP contribution in [0.3, 0.4) is 0 Å². The number of aryl methyl sites for hydroxylation is 1. The van der Waals surface area contributed by atoms with Gasteiger partial charge >= 0.3 is 0 Å². The number of pyridine rings is 1. The number of allylic oxidation sites excluding steroid dienone is 3. The van der Waals surface area contributed by atoms with Crippen molar-refractivity contribution in [1.82, 2.24) is 9.58 Å². The Morgan fingerprint density at radius 2 is 1.83 bits per heavy atom. The Kier molecular flexibility index (Phi) is 6.73. The first-order valence-corrected chi connectivity index (χ1v) is 12.4. The summed E-state index contributed by atoms with van der Waals surface area (Å²) in [5, 5.41) is 12.9. The van der Waals surface area contributed by atoms with Gasteiger partial charge in [0, 0.05) is 26.5 Å². The molecule has 2 heterocycles. The monoisotopic (exact) mass is 491 g/mol. The van der Waals surface area contributed by atoms with E-state index < -0.39 is 23.1 Å². The molecule has 0 spiro atoms. The summed E-state index contributed by atoms with van der Waals surface area (Å²) in [6.07, 6.45) is 8.89. The lowest BCUT2D eigenvalue weighted by atomic mass is 9.81. The van der Waals surface area contributed by atoms with Crippen molar-refractivity contribution in [2.45, 2.75) is 38.3 Å². The van der Waals surface area contributed by atoms with Crippen molar-refractivity contribution in [2.75, 3.05) is 39.1 Å². The normalized spacial score (nSPS) is 21.4. The van der Waals surface area contributed by atoms with Crippen LogP contribution in [0.5, 0.6) is 5.75 Å². The Hall–Kier alpha value is -3.36. The fourth-order valence-electron chi connectivity index (χ4n) is 5.87. The molecule has 36 heavy (non-hydrogen) atoms. The van der Waals surface area contributed by atoms with Gasteiger partial charge in [0.2, 0.25) is 5.43 Å². The summed E-state index contributed by atoms with van der Waals surface area (Å²) in [5.41, 5.74) is 4.46. The van der Waals surface area contributed by atoms with Crippen molar-refractivity contribution in [3.8, 4) is 5.75 Å². The smallest absolute Gasteiger partial charge is 0.278 e. The predicted molar refractivity (Wildman–Crippen MR) is 137 cm³/mol. The van der Waals surface area contributed by atoms with Gasteiger partial charge in [0.25, 0.3) is 5.91 Å². The minimum Gasteiger partial charge on any atom is -0.502 e. The van der Waals surface area contributed by atoms with Crippen LogP contribution in [0, 0.1) is 5.92 Å². The topological polar surface area (TPSA) is 84.2 Å². The Balaban J connectivity index is 1.74. The zero-order chi connectivity index (χ0) is 25.4. The Bertz CT molecular complexity index is 1270. The number of hydrogen-bond donors (Lipinski definition) is 1. The average molecular weight is 492 g/mol.